The van der Waals surface area contributed by atoms with Gasteiger partial charge in [0.1, 0.15) is 6.10 Å². The van der Waals surface area contributed by atoms with Gasteiger partial charge in [0, 0.05) is 31.5 Å². The standard InChI is InChI=1S/C14H27N3O6/c1-4-23-13(22)17-8-7-15-10(19)5-6-16-12(21)11(20)14(2,3)9-18/h11,18,20H,4-9H2,1-3H3,(H,15,19)(H,16,21)(H,17,22)/t11-/m0/s1. The minimum Gasteiger partial charge on any atom is -0.450 e. The summed E-state index contributed by atoms with van der Waals surface area (Å²) < 4.78 is 4.65. The predicted molar refractivity (Wildman–Crippen MR) is 82.5 cm³/mol. The molecule has 0 radical (unpaired) electrons. The second-order valence-electron chi connectivity index (χ2n) is 5.59. The topological polar surface area (TPSA) is 137 Å². The van der Waals surface area contributed by atoms with Crippen molar-refractivity contribution < 1.29 is 29.3 Å². The number of nitrogens with one attached hydrogen (secondary N) is 3. The highest BCUT2D eigenvalue weighted by atomic mass is 16.5. The number of amides is 3. The molecule has 0 unspecified atom stereocenters. The van der Waals surface area contributed by atoms with Crippen LogP contribution in [0.4, 0.5) is 4.79 Å². The Bertz CT molecular complexity index is 400. The summed E-state index contributed by atoms with van der Waals surface area (Å²) in [4.78, 5) is 34.1. The fourth-order valence-corrected chi connectivity index (χ4v) is 1.47. The molecule has 0 aliphatic carbocycles. The lowest BCUT2D eigenvalue weighted by Gasteiger charge is -2.27. The highest BCUT2D eigenvalue weighted by Gasteiger charge is 2.32. The minimum absolute atomic E-state index is 0.0391. The van der Waals surface area contributed by atoms with Crippen LogP contribution in [-0.2, 0) is 14.3 Å². The average molecular weight is 333 g/mol. The van der Waals surface area contributed by atoms with Crippen LogP contribution in [-0.4, -0.2) is 67.1 Å². The maximum atomic E-state index is 11.7. The molecule has 3 amide bonds. The molecule has 0 aromatic heterocycles. The van der Waals surface area contributed by atoms with E-state index in [9.17, 15) is 19.5 Å². The quantitative estimate of drug-likeness (QED) is 0.316. The van der Waals surface area contributed by atoms with Crippen LogP contribution in [0.5, 0.6) is 0 Å². The normalized spacial score (nSPS) is 12.2. The average Bonchev–Trinajstić information content (AvgIpc) is 2.50. The Morgan fingerprint density at radius 1 is 1.09 bits per heavy atom. The molecule has 0 aliphatic rings. The fourth-order valence-electron chi connectivity index (χ4n) is 1.47. The Labute approximate surface area is 135 Å². The monoisotopic (exact) mass is 333 g/mol. The third kappa shape index (κ3) is 8.99. The largest absolute Gasteiger partial charge is 0.450 e. The van der Waals surface area contributed by atoms with E-state index in [0.29, 0.717) is 0 Å². The van der Waals surface area contributed by atoms with Crippen molar-refractivity contribution >= 4 is 17.9 Å². The van der Waals surface area contributed by atoms with E-state index in [1.54, 1.807) is 20.8 Å². The Morgan fingerprint density at radius 3 is 2.26 bits per heavy atom. The van der Waals surface area contributed by atoms with E-state index in [-0.39, 0.29) is 45.2 Å². The molecule has 5 N–H and O–H groups in total. The summed E-state index contributed by atoms with van der Waals surface area (Å²) in [6.45, 7) is 5.28. The first-order valence-electron chi connectivity index (χ1n) is 7.48. The van der Waals surface area contributed by atoms with Crippen molar-refractivity contribution in [3.8, 4) is 0 Å². The van der Waals surface area contributed by atoms with Gasteiger partial charge in [0.2, 0.25) is 11.8 Å². The minimum atomic E-state index is -1.36. The highest BCUT2D eigenvalue weighted by Crippen LogP contribution is 2.19. The van der Waals surface area contributed by atoms with E-state index >= 15 is 0 Å². The lowest BCUT2D eigenvalue weighted by atomic mass is 9.87. The van der Waals surface area contributed by atoms with Gasteiger partial charge in [-0.15, -0.1) is 0 Å². The zero-order valence-electron chi connectivity index (χ0n) is 13.8. The molecule has 0 saturated heterocycles. The number of alkyl carbamates (subject to hydrolysis) is 1. The summed E-state index contributed by atoms with van der Waals surface area (Å²) in [5.74, 6) is -0.937. The highest BCUT2D eigenvalue weighted by molar-refractivity contribution is 5.82. The van der Waals surface area contributed by atoms with Crippen LogP contribution >= 0.6 is 0 Å². The summed E-state index contributed by atoms with van der Waals surface area (Å²) in [6.07, 6.45) is -1.86. The summed E-state index contributed by atoms with van der Waals surface area (Å²) >= 11 is 0. The van der Waals surface area contributed by atoms with Gasteiger partial charge in [-0.1, -0.05) is 13.8 Å². The summed E-state index contributed by atoms with van der Waals surface area (Å²) in [6, 6.07) is 0. The number of rotatable bonds is 10. The van der Waals surface area contributed by atoms with Crippen LogP contribution in [0.2, 0.25) is 0 Å². The molecule has 0 rings (SSSR count). The van der Waals surface area contributed by atoms with E-state index in [2.05, 4.69) is 20.7 Å². The van der Waals surface area contributed by atoms with Gasteiger partial charge < -0.3 is 30.9 Å². The Balaban J connectivity index is 3.82. The van der Waals surface area contributed by atoms with Crippen LogP contribution in [0.25, 0.3) is 0 Å². The SMILES string of the molecule is CCOC(=O)NCCNC(=O)CCNC(=O)[C@H](O)C(C)(C)CO. The van der Waals surface area contributed by atoms with Crippen molar-refractivity contribution in [1.29, 1.82) is 0 Å². The number of ether oxygens (including phenoxy) is 1. The fraction of sp³-hybridized carbons (Fsp3) is 0.786. The summed E-state index contributed by atoms with van der Waals surface area (Å²) in [7, 11) is 0. The van der Waals surface area contributed by atoms with Crippen LogP contribution in [0, 0.1) is 5.41 Å². The molecule has 0 saturated carbocycles. The van der Waals surface area contributed by atoms with E-state index in [4.69, 9.17) is 5.11 Å². The Kier molecular flexibility index (Phi) is 9.91. The molecular formula is C14H27N3O6. The zero-order valence-corrected chi connectivity index (χ0v) is 13.8. The van der Waals surface area contributed by atoms with Gasteiger partial charge in [-0.2, -0.15) is 0 Å². The van der Waals surface area contributed by atoms with Gasteiger partial charge in [0.25, 0.3) is 0 Å². The van der Waals surface area contributed by atoms with E-state index < -0.39 is 23.5 Å². The molecule has 0 spiro atoms. The van der Waals surface area contributed by atoms with Gasteiger partial charge in [-0.25, -0.2) is 4.79 Å². The van der Waals surface area contributed by atoms with Crippen molar-refractivity contribution in [2.45, 2.75) is 33.3 Å². The zero-order chi connectivity index (χ0) is 17.9. The molecule has 0 bridgehead atoms. The summed E-state index contributed by atoms with van der Waals surface area (Å²) in [5, 5.41) is 26.3. The Morgan fingerprint density at radius 2 is 1.70 bits per heavy atom. The number of hydrogen-bond donors (Lipinski definition) is 5. The van der Waals surface area contributed by atoms with Crippen LogP contribution < -0.4 is 16.0 Å². The van der Waals surface area contributed by atoms with Crippen molar-refractivity contribution in [2.75, 3.05) is 32.8 Å². The molecule has 23 heavy (non-hydrogen) atoms. The lowest BCUT2D eigenvalue weighted by Crippen LogP contribution is -2.46. The van der Waals surface area contributed by atoms with Crippen molar-refractivity contribution in [2.24, 2.45) is 5.41 Å². The molecular weight excluding hydrogens is 306 g/mol. The number of aliphatic hydroxyl groups is 2. The van der Waals surface area contributed by atoms with Gasteiger partial charge in [0.05, 0.1) is 13.2 Å². The first kappa shape index (κ1) is 21.1. The third-order valence-corrected chi connectivity index (χ3v) is 3.04. The van der Waals surface area contributed by atoms with Gasteiger partial charge in [-0.3, -0.25) is 9.59 Å². The number of carbonyl (C=O) groups excluding carboxylic acids is 3. The maximum Gasteiger partial charge on any atom is 0.407 e. The van der Waals surface area contributed by atoms with Crippen molar-refractivity contribution in [3.63, 3.8) is 0 Å². The molecule has 0 heterocycles. The molecule has 0 aromatic carbocycles. The van der Waals surface area contributed by atoms with Crippen molar-refractivity contribution in [1.82, 2.24) is 16.0 Å². The van der Waals surface area contributed by atoms with E-state index in [1.165, 1.54) is 0 Å². The molecule has 1 atom stereocenters. The van der Waals surface area contributed by atoms with Gasteiger partial charge in [-0.05, 0) is 6.92 Å². The molecule has 0 fully saturated rings. The van der Waals surface area contributed by atoms with Crippen LogP contribution in [0.3, 0.4) is 0 Å². The van der Waals surface area contributed by atoms with Gasteiger partial charge in [0.15, 0.2) is 0 Å². The van der Waals surface area contributed by atoms with E-state index in [0.717, 1.165) is 0 Å². The first-order chi connectivity index (χ1) is 10.7. The lowest BCUT2D eigenvalue weighted by molar-refractivity contribution is -0.137. The smallest absolute Gasteiger partial charge is 0.407 e. The molecule has 9 heteroatoms. The number of carbonyl (C=O) groups is 3. The third-order valence-electron chi connectivity index (χ3n) is 3.04. The second-order valence-corrected chi connectivity index (χ2v) is 5.59. The molecule has 134 valence electrons. The maximum absolute atomic E-state index is 11.7. The number of aliphatic hydroxyl groups excluding tert-OH is 2. The van der Waals surface area contributed by atoms with Crippen molar-refractivity contribution in [3.05, 3.63) is 0 Å². The molecule has 9 nitrogen and oxygen atoms in total. The number of hydrogen-bond acceptors (Lipinski definition) is 6. The first-order valence-corrected chi connectivity index (χ1v) is 7.48. The van der Waals surface area contributed by atoms with Crippen LogP contribution in [0.15, 0.2) is 0 Å². The van der Waals surface area contributed by atoms with Gasteiger partial charge >= 0.3 is 6.09 Å². The predicted octanol–water partition coefficient (Wildman–Crippen LogP) is -1.27. The second kappa shape index (κ2) is 10.8. The molecule has 0 aliphatic heterocycles. The molecule has 0 aromatic rings. The Hall–Kier alpha value is -1.87. The van der Waals surface area contributed by atoms with E-state index in [1.807, 2.05) is 0 Å². The van der Waals surface area contributed by atoms with Crippen LogP contribution in [0.1, 0.15) is 27.2 Å². The summed E-state index contributed by atoms with van der Waals surface area (Å²) in [5.41, 5.74) is -0.953.